The number of allylic oxidation sites excluding steroid dienone is 1. The standard InChI is InChI=1S/C11H18N2/c1-4-8-7-9-5-6-11(8,13-12)10(9,2)3/h4,9,12H,5-7H2,1-3H3. The molecule has 2 aliphatic rings. The van der Waals surface area contributed by atoms with Crippen molar-refractivity contribution in [3.63, 3.8) is 0 Å². The lowest BCUT2D eigenvalue weighted by Gasteiger charge is -2.33. The van der Waals surface area contributed by atoms with Crippen LogP contribution in [0.3, 0.4) is 0 Å². The average Bonchev–Trinajstić information content (AvgIpc) is 2.50. The largest absolute Gasteiger partial charge is 0.209 e. The van der Waals surface area contributed by atoms with Gasteiger partial charge in [-0.05, 0) is 43.1 Å². The van der Waals surface area contributed by atoms with Gasteiger partial charge in [-0.1, -0.05) is 19.9 Å². The predicted octanol–water partition coefficient (Wildman–Crippen LogP) is 3.54. The van der Waals surface area contributed by atoms with Crippen molar-refractivity contribution >= 4 is 0 Å². The summed E-state index contributed by atoms with van der Waals surface area (Å²) >= 11 is 0. The van der Waals surface area contributed by atoms with Gasteiger partial charge in [0.1, 0.15) is 5.54 Å². The molecule has 2 saturated carbocycles. The van der Waals surface area contributed by atoms with E-state index in [4.69, 9.17) is 5.53 Å². The van der Waals surface area contributed by atoms with E-state index in [9.17, 15) is 0 Å². The van der Waals surface area contributed by atoms with Crippen molar-refractivity contribution in [3.05, 3.63) is 11.6 Å². The Hall–Kier alpha value is -0.660. The van der Waals surface area contributed by atoms with Gasteiger partial charge < -0.3 is 0 Å². The van der Waals surface area contributed by atoms with Crippen LogP contribution in [0.1, 0.15) is 40.0 Å². The number of hydrogen-bond donors (Lipinski definition) is 1. The molecule has 2 atom stereocenters. The molecule has 2 unspecified atom stereocenters. The minimum absolute atomic E-state index is 0.133. The highest BCUT2D eigenvalue weighted by Gasteiger charge is 2.62. The van der Waals surface area contributed by atoms with Crippen LogP contribution in [0.4, 0.5) is 0 Å². The van der Waals surface area contributed by atoms with Gasteiger partial charge in [0.2, 0.25) is 0 Å². The zero-order valence-corrected chi connectivity index (χ0v) is 8.72. The van der Waals surface area contributed by atoms with Gasteiger partial charge in [0.25, 0.3) is 0 Å². The van der Waals surface area contributed by atoms with Crippen molar-refractivity contribution in [1.82, 2.24) is 0 Å². The van der Waals surface area contributed by atoms with E-state index in [-0.39, 0.29) is 11.0 Å². The van der Waals surface area contributed by atoms with Gasteiger partial charge in [0, 0.05) is 0 Å². The van der Waals surface area contributed by atoms with E-state index in [1.807, 2.05) is 0 Å². The summed E-state index contributed by atoms with van der Waals surface area (Å²) in [6, 6.07) is 0. The molecule has 0 aromatic heterocycles. The van der Waals surface area contributed by atoms with Crippen molar-refractivity contribution in [2.24, 2.45) is 16.4 Å². The topological polar surface area (TPSA) is 36.2 Å². The molecule has 0 amide bonds. The normalized spacial score (nSPS) is 44.2. The van der Waals surface area contributed by atoms with Crippen LogP contribution in [0.5, 0.6) is 0 Å². The summed E-state index contributed by atoms with van der Waals surface area (Å²) in [5.41, 5.74) is 8.94. The number of nitrogens with zero attached hydrogens (tertiary/aromatic N) is 1. The highest BCUT2D eigenvalue weighted by molar-refractivity contribution is 5.35. The van der Waals surface area contributed by atoms with Crippen LogP contribution in [0, 0.1) is 16.9 Å². The van der Waals surface area contributed by atoms with E-state index >= 15 is 0 Å². The van der Waals surface area contributed by atoms with E-state index < -0.39 is 0 Å². The number of rotatable bonds is 1. The zero-order chi connectivity index (χ0) is 9.69. The zero-order valence-electron chi connectivity index (χ0n) is 8.72. The summed E-state index contributed by atoms with van der Waals surface area (Å²) in [5.74, 6) is 0.757. The van der Waals surface area contributed by atoms with Crippen molar-refractivity contribution in [2.75, 3.05) is 0 Å². The van der Waals surface area contributed by atoms with Crippen LogP contribution in [-0.4, -0.2) is 5.54 Å². The van der Waals surface area contributed by atoms with Gasteiger partial charge in [0.15, 0.2) is 0 Å². The van der Waals surface area contributed by atoms with E-state index in [0.717, 1.165) is 12.3 Å². The summed E-state index contributed by atoms with van der Waals surface area (Å²) in [6.07, 6.45) is 5.70. The first-order chi connectivity index (χ1) is 6.08. The highest BCUT2D eigenvalue weighted by atomic mass is 15.1. The molecule has 0 spiro atoms. The first kappa shape index (κ1) is 8.92. The van der Waals surface area contributed by atoms with Crippen molar-refractivity contribution in [3.8, 4) is 0 Å². The van der Waals surface area contributed by atoms with Gasteiger partial charge in [-0.3, -0.25) is 0 Å². The van der Waals surface area contributed by atoms with Crippen LogP contribution >= 0.6 is 0 Å². The number of nitrogens with one attached hydrogen (secondary N) is 1. The van der Waals surface area contributed by atoms with Crippen LogP contribution in [0.25, 0.3) is 0 Å². The molecule has 0 radical (unpaired) electrons. The minimum atomic E-state index is -0.133. The SMILES string of the molecule is CC=C1CC2CCC1(N=N)C2(C)C. The van der Waals surface area contributed by atoms with Crippen molar-refractivity contribution < 1.29 is 0 Å². The summed E-state index contributed by atoms with van der Waals surface area (Å²) < 4.78 is 0. The van der Waals surface area contributed by atoms with E-state index in [1.54, 1.807) is 0 Å². The molecule has 1 N–H and O–H groups in total. The van der Waals surface area contributed by atoms with Gasteiger partial charge >= 0.3 is 0 Å². The molecule has 2 aliphatic carbocycles. The quantitative estimate of drug-likeness (QED) is 0.471. The second-order valence-electron chi connectivity index (χ2n) is 4.95. The maximum Gasteiger partial charge on any atom is 0.107 e. The van der Waals surface area contributed by atoms with Crippen LogP contribution in [0.15, 0.2) is 16.8 Å². The fraction of sp³-hybridized carbons (Fsp3) is 0.818. The van der Waals surface area contributed by atoms with Gasteiger partial charge in [-0.25, -0.2) is 5.53 Å². The van der Waals surface area contributed by atoms with Gasteiger partial charge in [0.05, 0.1) is 0 Å². The molecule has 2 rings (SSSR count). The molecule has 13 heavy (non-hydrogen) atoms. The summed E-state index contributed by atoms with van der Waals surface area (Å²) in [5, 5.41) is 3.97. The number of fused-ring (bicyclic) bond motifs is 2. The number of hydrogen-bond acceptors (Lipinski definition) is 2. The summed E-state index contributed by atoms with van der Waals surface area (Å²) in [7, 11) is 0. The second kappa shape index (κ2) is 2.43. The summed E-state index contributed by atoms with van der Waals surface area (Å²) in [6.45, 7) is 6.64. The van der Waals surface area contributed by atoms with E-state index in [2.05, 4.69) is 32.0 Å². The lowest BCUT2D eigenvalue weighted by molar-refractivity contribution is 0.226. The fourth-order valence-corrected chi connectivity index (χ4v) is 3.40. The molecule has 2 bridgehead atoms. The minimum Gasteiger partial charge on any atom is -0.209 e. The Morgan fingerprint density at radius 3 is 2.62 bits per heavy atom. The molecule has 2 heteroatoms. The molecule has 0 aliphatic heterocycles. The molecule has 0 saturated heterocycles. The van der Waals surface area contributed by atoms with Crippen LogP contribution in [0.2, 0.25) is 0 Å². The molecule has 2 nitrogen and oxygen atoms in total. The van der Waals surface area contributed by atoms with Crippen LogP contribution < -0.4 is 0 Å². The monoisotopic (exact) mass is 178 g/mol. The molecule has 0 aromatic carbocycles. The molecular weight excluding hydrogens is 160 g/mol. The molecule has 0 heterocycles. The maximum atomic E-state index is 7.45. The third kappa shape index (κ3) is 0.792. The fourth-order valence-electron chi connectivity index (χ4n) is 3.40. The lowest BCUT2D eigenvalue weighted by atomic mass is 9.75. The summed E-state index contributed by atoms with van der Waals surface area (Å²) in [4.78, 5) is 0. The van der Waals surface area contributed by atoms with Crippen LogP contribution in [-0.2, 0) is 0 Å². The Bertz CT molecular complexity index is 278. The molecular formula is C11H18N2. The molecule has 0 aromatic rings. The Balaban J connectivity index is 2.53. The molecule has 2 fully saturated rings. The van der Waals surface area contributed by atoms with Crippen molar-refractivity contribution in [2.45, 2.75) is 45.6 Å². The second-order valence-corrected chi connectivity index (χ2v) is 4.95. The highest BCUT2D eigenvalue weighted by Crippen LogP contribution is 2.64. The van der Waals surface area contributed by atoms with Crippen molar-refractivity contribution in [1.29, 1.82) is 5.53 Å². The van der Waals surface area contributed by atoms with Gasteiger partial charge in [-0.15, -0.1) is 0 Å². The predicted molar refractivity (Wildman–Crippen MR) is 52.8 cm³/mol. The molecule has 72 valence electrons. The lowest BCUT2D eigenvalue weighted by Crippen LogP contribution is -2.36. The van der Waals surface area contributed by atoms with E-state index in [1.165, 1.54) is 18.4 Å². The smallest absolute Gasteiger partial charge is 0.107 e. The average molecular weight is 178 g/mol. The first-order valence-electron chi connectivity index (χ1n) is 5.13. The van der Waals surface area contributed by atoms with E-state index in [0.29, 0.717) is 0 Å². The third-order valence-corrected chi connectivity index (χ3v) is 4.48. The first-order valence-corrected chi connectivity index (χ1v) is 5.13. The Morgan fingerprint density at radius 1 is 1.54 bits per heavy atom. The maximum absolute atomic E-state index is 7.45. The van der Waals surface area contributed by atoms with Gasteiger partial charge in [-0.2, -0.15) is 5.11 Å². The Morgan fingerprint density at radius 2 is 2.23 bits per heavy atom. The Labute approximate surface area is 79.9 Å². The Kier molecular flexibility index (Phi) is 1.67. The third-order valence-electron chi connectivity index (χ3n) is 4.48.